The first kappa shape index (κ1) is 29.4. The number of hydrogen-bond acceptors (Lipinski definition) is 2. The quantitative estimate of drug-likeness (QED) is 0.319. The predicted octanol–water partition coefficient (Wildman–Crippen LogP) is 7.12. The molecule has 3 rings (SSSR count). The van der Waals surface area contributed by atoms with Gasteiger partial charge in [0.1, 0.15) is 6.04 Å². The third-order valence-electron chi connectivity index (χ3n) is 6.48. The van der Waals surface area contributed by atoms with E-state index in [4.69, 9.17) is 11.6 Å². The normalized spacial score (nSPS) is 12.6. The molecular formula is C33H41ClN2O2. The van der Waals surface area contributed by atoms with Crippen LogP contribution in [-0.4, -0.2) is 28.3 Å². The van der Waals surface area contributed by atoms with Crippen LogP contribution in [0.1, 0.15) is 70.2 Å². The molecule has 0 aliphatic heterocycles. The fourth-order valence-electron chi connectivity index (χ4n) is 4.36. The lowest BCUT2D eigenvalue weighted by molar-refractivity contribution is -0.141. The Morgan fingerprint density at radius 1 is 0.789 bits per heavy atom. The Labute approximate surface area is 233 Å². The molecular weight excluding hydrogens is 492 g/mol. The summed E-state index contributed by atoms with van der Waals surface area (Å²) < 4.78 is 0. The van der Waals surface area contributed by atoms with Gasteiger partial charge in [0.15, 0.2) is 0 Å². The third kappa shape index (κ3) is 9.02. The van der Waals surface area contributed by atoms with E-state index >= 15 is 0 Å². The molecule has 0 radical (unpaired) electrons. The van der Waals surface area contributed by atoms with Gasteiger partial charge in [0.05, 0.1) is 0 Å². The molecule has 3 aromatic rings. The first-order valence-corrected chi connectivity index (χ1v) is 13.7. The molecule has 0 aliphatic rings. The van der Waals surface area contributed by atoms with Gasteiger partial charge >= 0.3 is 0 Å². The smallest absolute Gasteiger partial charge is 0.243 e. The minimum absolute atomic E-state index is 0.0511. The highest BCUT2D eigenvalue weighted by Crippen LogP contribution is 2.23. The average Bonchev–Trinajstić information content (AvgIpc) is 2.85. The molecule has 1 N–H and O–H groups in total. The Bertz CT molecular complexity index is 1190. The summed E-state index contributed by atoms with van der Waals surface area (Å²) >= 11 is 6.12. The van der Waals surface area contributed by atoms with Gasteiger partial charge in [0.25, 0.3) is 0 Å². The maximum atomic E-state index is 13.8. The Hall–Kier alpha value is -3.11. The number of halogens is 1. The maximum absolute atomic E-state index is 13.8. The summed E-state index contributed by atoms with van der Waals surface area (Å²) in [6, 6.07) is 25.2. The van der Waals surface area contributed by atoms with Gasteiger partial charge < -0.3 is 10.2 Å². The molecule has 0 aromatic heterocycles. The van der Waals surface area contributed by atoms with Crippen LogP contribution >= 0.6 is 11.6 Å². The highest BCUT2D eigenvalue weighted by atomic mass is 35.5. The van der Waals surface area contributed by atoms with Gasteiger partial charge in [-0.25, -0.2) is 0 Å². The second-order valence-corrected chi connectivity index (χ2v) is 12.5. The minimum atomic E-state index is -0.650. The molecule has 3 aromatic carbocycles. The fourth-order valence-corrected chi connectivity index (χ4v) is 4.49. The standard InChI is InChI=1S/C33H41ClN2O2/c1-32(2,3)27-17-12-24(13-18-27)16-21-30(37)36(23-26-14-19-28(34)20-15-26)29(31(38)35-33(4,5)6)22-25-10-8-7-9-11-25/h7-15,17-20,29H,16,21-23H2,1-6H3,(H,35,38)/t29-/m0/s1. The lowest BCUT2D eigenvalue weighted by atomic mass is 9.86. The monoisotopic (exact) mass is 532 g/mol. The van der Waals surface area contributed by atoms with E-state index in [1.807, 2.05) is 75.4 Å². The SMILES string of the molecule is CC(C)(C)NC(=O)[C@H](Cc1ccccc1)N(Cc1ccc(Cl)cc1)C(=O)CCc1ccc(C(C)(C)C)cc1. The van der Waals surface area contributed by atoms with E-state index in [1.54, 1.807) is 4.90 Å². The zero-order chi connectivity index (χ0) is 27.9. The Balaban J connectivity index is 1.89. The second kappa shape index (κ2) is 12.6. The molecule has 0 fully saturated rings. The number of nitrogens with one attached hydrogen (secondary N) is 1. The zero-order valence-corrected chi connectivity index (χ0v) is 24.3. The van der Waals surface area contributed by atoms with Crippen LogP contribution in [0.25, 0.3) is 0 Å². The Morgan fingerprint density at radius 2 is 1.37 bits per heavy atom. The number of benzene rings is 3. The Morgan fingerprint density at radius 3 is 1.92 bits per heavy atom. The van der Waals surface area contributed by atoms with Crippen molar-refractivity contribution >= 4 is 23.4 Å². The number of hydrogen-bond donors (Lipinski definition) is 1. The van der Waals surface area contributed by atoms with Crippen LogP contribution in [0.5, 0.6) is 0 Å². The molecule has 0 heterocycles. The molecule has 0 spiro atoms. The topological polar surface area (TPSA) is 49.4 Å². The van der Waals surface area contributed by atoms with Crippen molar-refractivity contribution in [3.8, 4) is 0 Å². The van der Waals surface area contributed by atoms with Crippen molar-refractivity contribution in [1.82, 2.24) is 10.2 Å². The summed E-state index contributed by atoms with van der Waals surface area (Å²) in [6.45, 7) is 12.8. The van der Waals surface area contributed by atoms with Crippen LogP contribution in [0.15, 0.2) is 78.9 Å². The van der Waals surface area contributed by atoms with Crippen molar-refractivity contribution in [1.29, 1.82) is 0 Å². The maximum Gasteiger partial charge on any atom is 0.243 e. The van der Waals surface area contributed by atoms with E-state index in [1.165, 1.54) is 5.56 Å². The molecule has 202 valence electrons. The van der Waals surface area contributed by atoms with Crippen LogP contribution in [0.4, 0.5) is 0 Å². The van der Waals surface area contributed by atoms with Crippen LogP contribution in [0.3, 0.4) is 0 Å². The highest BCUT2D eigenvalue weighted by molar-refractivity contribution is 6.30. The van der Waals surface area contributed by atoms with Crippen molar-refractivity contribution in [2.75, 3.05) is 0 Å². The third-order valence-corrected chi connectivity index (χ3v) is 6.73. The van der Waals surface area contributed by atoms with Gasteiger partial charge in [0.2, 0.25) is 11.8 Å². The van der Waals surface area contributed by atoms with Crippen molar-refractivity contribution < 1.29 is 9.59 Å². The van der Waals surface area contributed by atoms with Gasteiger partial charge in [-0.05, 0) is 67.0 Å². The summed E-state index contributed by atoms with van der Waals surface area (Å²) in [5.41, 5.74) is 3.97. The lowest BCUT2D eigenvalue weighted by Gasteiger charge is -2.34. The molecule has 1 atom stereocenters. The van der Waals surface area contributed by atoms with Gasteiger partial charge in [-0.1, -0.05) is 99.1 Å². The molecule has 0 bridgehead atoms. The first-order chi connectivity index (χ1) is 17.8. The molecule has 0 saturated carbocycles. The summed E-state index contributed by atoms with van der Waals surface area (Å²) in [6.07, 6.45) is 1.36. The Kier molecular flexibility index (Phi) is 9.78. The van der Waals surface area contributed by atoms with Crippen LogP contribution in [0, 0.1) is 0 Å². The zero-order valence-electron chi connectivity index (χ0n) is 23.6. The summed E-state index contributed by atoms with van der Waals surface area (Å²) in [5, 5.41) is 3.75. The second-order valence-electron chi connectivity index (χ2n) is 12.0. The number of amides is 2. The molecule has 0 saturated heterocycles. The van der Waals surface area contributed by atoms with Crippen molar-refractivity contribution in [3.05, 3.63) is 106 Å². The molecule has 4 nitrogen and oxygen atoms in total. The lowest BCUT2D eigenvalue weighted by Crippen LogP contribution is -2.54. The molecule has 38 heavy (non-hydrogen) atoms. The van der Waals surface area contributed by atoms with Gasteiger partial charge in [-0.15, -0.1) is 0 Å². The molecule has 2 amide bonds. The number of rotatable bonds is 9. The van der Waals surface area contributed by atoms with Crippen LogP contribution in [0.2, 0.25) is 5.02 Å². The van der Waals surface area contributed by atoms with E-state index in [0.717, 1.165) is 16.7 Å². The van der Waals surface area contributed by atoms with Crippen LogP contribution < -0.4 is 5.32 Å². The van der Waals surface area contributed by atoms with E-state index in [0.29, 0.717) is 30.8 Å². The fraction of sp³-hybridized carbons (Fsp3) is 0.394. The average molecular weight is 533 g/mol. The largest absolute Gasteiger partial charge is 0.350 e. The first-order valence-electron chi connectivity index (χ1n) is 13.3. The molecule has 0 aliphatic carbocycles. The van der Waals surface area contributed by atoms with Gasteiger partial charge in [-0.2, -0.15) is 0 Å². The van der Waals surface area contributed by atoms with Gasteiger partial charge in [0, 0.05) is 29.9 Å². The number of aryl methyl sites for hydroxylation is 1. The summed E-state index contributed by atoms with van der Waals surface area (Å²) in [5.74, 6) is -0.206. The summed E-state index contributed by atoms with van der Waals surface area (Å²) in [4.78, 5) is 29.2. The minimum Gasteiger partial charge on any atom is -0.350 e. The van der Waals surface area contributed by atoms with Crippen molar-refractivity contribution in [3.63, 3.8) is 0 Å². The number of carbonyl (C=O) groups is 2. The number of nitrogens with zero attached hydrogens (tertiary/aromatic N) is 1. The van der Waals surface area contributed by atoms with Crippen molar-refractivity contribution in [2.45, 2.75) is 84.3 Å². The van der Waals surface area contributed by atoms with E-state index < -0.39 is 11.6 Å². The molecule has 0 unspecified atom stereocenters. The van der Waals surface area contributed by atoms with E-state index in [9.17, 15) is 9.59 Å². The van der Waals surface area contributed by atoms with Crippen LogP contribution in [-0.2, 0) is 34.4 Å². The summed E-state index contributed by atoms with van der Waals surface area (Å²) in [7, 11) is 0. The van der Waals surface area contributed by atoms with Gasteiger partial charge in [-0.3, -0.25) is 9.59 Å². The van der Waals surface area contributed by atoms with E-state index in [2.05, 4.69) is 50.4 Å². The highest BCUT2D eigenvalue weighted by Gasteiger charge is 2.32. The number of carbonyl (C=O) groups excluding carboxylic acids is 2. The van der Waals surface area contributed by atoms with E-state index in [-0.39, 0.29) is 17.2 Å². The predicted molar refractivity (Wildman–Crippen MR) is 157 cm³/mol. The molecule has 5 heteroatoms. The van der Waals surface area contributed by atoms with Crippen molar-refractivity contribution in [2.24, 2.45) is 0 Å².